The molecule has 4 N–H and O–H groups in total. The van der Waals surface area contributed by atoms with Crippen molar-refractivity contribution in [2.45, 2.75) is 52.1 Å². The zero-order chi connectivity index (χ0) is 14.6. The number of ether oxygens (including phenoxy) is 2. The maximum absolute atomic E-state index is 8.92. The van der Waals surface area contributed by atoms with Crippen molar-refractivity contribution in [2.75, 3.05) is 26.4 Å². The monoisotopic (exact) mass is 268 g/mol. The molecule has 0 amide bonds. The Morgan fingerprint density at radius 2 is 1.17 bits per heavy atom. The summed E-state index contributed by atoms with van der Waals surface area (Å²) in [4.78, 5) is 0. The summed E-state index contributed by atoms with van der Waals surface area (Å²) in [5, 5.41) is 33.6. The highest BCUT2D eigenvalue weighted by molar-refractivity contribution is 4.52. The fourth-order valence-corrected chi connectivity index (χ4v) is 0.704. The smallest absolute Gasteiger partial charge is 0.0781 e. The van der Waals surface area contributed by atoms with Crippen LogP contribution in [0.15, 0.2) is 0 Å². The molecule has 0 saturated carbocycles. The summed E-state index contributed by atoms with van der Waals surface area (Å²) in [5.41, 5.74) is 0. The van der Waals surface area contributed by atoms with Gasteiger partial charge in [-0.1, -0.05) is 0 Å². The van der Waals surface area contributed by atoms with Crippen molar-refractivity contribution >= 4 is 0 Å². The first-order valence-corrected chi connectivity index (χ1v) is 6.14. The van der Waals surface area contributed by atoms with E-state index in [-0.39, 0.29) is 25.4 Å². The lowest BCUT2D eigenvalue weighted by Crippen LogP contribution is -2.24. The van der Waals surface area contributed by atoms with Crippen molar-refractivity contribution in [2.24, 2.45) is 0 Å². The average Bonchev–Trinajstić information content (AvgIpc) is 2.33. The van der Waals surface area contributed by atoms with Gasteiger partial charge >= 0.3 is 0 Å². The van der Waals surface area contributed by atoms with E-state index in [1.54, 1.807) is 13.8 Å². The number of aliphatic hydroxyl groups is 4. The van der Waals surface area contributed by atoms with Gasteiger partial charge in [0.05, 0.1) is 50.8 Å². The Morgan fingerprint density at radius 1 is 0.722 bits per heavy atom. The highest BCUT2D eigenvalue weighted by Gasteiger charge is 2.06. The topological polar surface area (TPSA) is 99.4 Å². The number of hydrogen-bond donors (Lipinski definition) is 4. The number of aliphatic hydroxyl groups excluding tert-OH is 4. The van der Waals surface area contributed by atoms with Crippen molar-refractivity contribution in [3.8, 4) is 0 Å². The molecule has 6 heteroatoms. The van der Waals surface area contributed by atoms with Crippen LogP contribution in [0.4, 0.5) is 0 Å². The Labute approximate surface area is 109 Å². The first-order chi connectivity index (χ1) is 8.33. The van der Waals surface area contributed by atoms with Gasteiger partial charge in [-0.2, -0.15) is 0 Å². The van der Waals surface area contributed by atoms with Crippen LogP contribution in [0.3, 0.4) is 0 Å². The van der Waals surface area contributed by atoms with E-state index in [9.17, 15) is 0 Å². The van der Waals surface area contributed by atoms with E-state index in [2.05, 4.69) is 0 Å². The Balaban J connectivity index is 0. The molecule has 0 spiro atoms. The quantitative estimate of drug-likeness (QED) is 0.475. The van der Waals surface area contributed by atoms with E-state index in [1.807, 2.05) is 6.92 Å². The second-order valence-corrected chi connectivity index (χ2v) is 4.35. The predicted molar refractivity (Wildman–Crippen MR) is 68.4 cm³/mol. The Bertz CT molecular complexity index is 163. The van der Waals surface area contributed by atoms with E-state index in [0.717, 1.165) is 0 Å². The summed E-state index contributed by atoms with van der Waals surface area (Å²) in [6.07, 6.45) is -1.21. The molecule has 0 fully saturated rings. The minimum absolute atomic E-state index is 0.0170. The van der Waals surface area contributed by atoms with Crippen molar-refractivity contribution in [1.82, 2.24) is 0 Å². The van der Waals surface area contributed by atoms with E-state index in [0.29, 0.717) is 13.2 Å². The van der Waals surface area contributed by atoms with Crippen LogP contribution in [0, 0.1) is 0 Å². The molecule has 112 valence electrons. The zero-order valence-electron chi connectivity index (χ0n) is 11.7. The van der Waals surface area contributed by atoms with E-state index >= 15 is 0 Å². The molecule has 0 aliphatic carbocycles. The lowest BCUT2D eigenvalue weighted by molar-refractivity contribution is -0.0620. The summed E-state index contributed by atoms with van der Waals surface area (Å²) in [7, 11) is 0. The van der Waals surface area contributed by atoms with E-state index < -0.39 is 12.2 Å². The van der Waals surface area contributed by atoms with Gasteiger partial charge in [0.2, 0.25) is 0 Å². The van der Waals surface area contributed by atoms with Crippen LogP contribution in [0.2, 0.25) is 0 Å². The summed E-state index contributed by atoms with van der Waals surface area (Å²) in [6, 6.07) is 0. The van der Waals surface area contributed by atoms with Crippen molar-refractivity contribution < 1.29 is 29.9 Å². The lowest BCUT2D eigenvalue weighted by Gasteiger charge is -2.16. The third kappa shape index (κ3) is 18.1. The molecule has 0 saturated heterocycles. The van der Waals surface area contributed by atoms with Gasteiger partial charge < -0.3 is 29.9 Å². The molecule has 18 heavy (non-hydrogen) atoms. The molecule has 4 atom stereocenters. The Morgan fingerprint density at radius 3 is 1.50 bits per heavy atom. The summed E-state index contributed by atoms with van der Waals surface area (Å²) >= 11 is 0. The highest BCUT2D eigenvalue weighted by Crippen LogP contribution is 1.97. The first-order valence-electron chi connectivity index (χ1n) is 6.14. The third-order valence-corrected chi connectivity index (χ3v) is 1.76. The van der Waals surface area contributed by atoms with Crippen LogP contribution < -0.4 is 0 Å². The van der Waals surface area contributed by atoms with Gasteiger partial charge in [-0.15, -0.1) is 0 Å². The lowest BCUT2D eigenvalue weighted by atomic mass is 10.4. The molecule has 0 bridgehead atoms. The molecule has 0 rings (SSSR count). The zero-order valence-corrected chi connectivity index (χ0v) is 11.7. The molecule has 0 aromatic rings. The fraction of sp³-hybridized carbons (Fsp3) is 1.00. The van der Waals surface area contributed by atoms with Crippen LogP contribution in [0.1, 0.15) is 27.7 Å². The summed E-state index contributed by atoms with van der Waals surface area (Å²) < 4.78 is 10.5. The Hall–Kier alpha value is -0.240. The van der Waals surface area contributed by atoms with Gasteiger partial charge in [0, 0.05) is 0 Å². The van der Waals surface area contributed by atoms with E-state index in [4.69, 9.17) is 29.9 Å². The van der Waals surface area contributed by atoms with Crippen LogP contribution in [-0.2, 0) is 9.47 Å². The molecule has 0 aliphatic heterocycles. The van der Waals surface area contributed by atoms with Crippen molar-refractivity contribution in [3.63, 3.8) is 0 Å². The second-order valence-electron chi connectivity index (χ2n) is 4.35. The normalized spacial score (nSPS) is 17.3. The molecular weight excluding hydrogens is 240 g/mol. The molecule has 0 aliphatic rings. The average molecular weight is 268 g/mol. The van der Waals surface area contributed by atoms with Gasteiger partial charge in [-0.05, 0) is 27.7 Å². The first kappa shape index (κ1) is 20.1. The molecule has 0 aromatic carbocycles. The van der Waals surface area contributed by atoms with Crippen LogP contribution in [0.5, 0.6) is 0 Å². The molecule has 4 unspecified atom stereocenters. The molecular formula is C12H28O6. The molecule has 0 heterocycles. The maximum Gasteiger partial charge on any atom is 0.0781 e. The Kier molecular flexibility index (Phi) is 14.7. The number of rotatable bonds is 8. The van der Waals surface area contributed by atoms with Gasteiger partial charge in [-0.25, -0.2) is 0 Å². The maximum atomic E-state index is 8.92. The highest BCUT2D eigenvalue weighted by atomic mass is 16.5. The van der Waals surface area contributed by atoms with Crippen molar-refractivity contribution in [3.05, 3.63) is 0 Å². The van der Waals surface area contributed by atoms with E-state index in [1.165, 1.54) is 6.92 Å². The number of hydrogen-bond acceptors (Lipinski definition) is 6. The van der Waals surface area contributed by atoms with Gasteiger partial charge in [-0.3, -0.25) is 0 Å². The summed E-state index contributed by atoms with van der Waals surface area (Å²) in [6.45, 7) is 7.49. The van der Waals surface area contributed by atoms with Gasteiger partial charge in [0.25, 0.3) is 0 Å². The summed E-state index contributed by atoms with van der Waals surface area (Å²) in [5.74, 6) is 0. The van der Waals surface area contributed by atoms with Crippen molar-refractivity contribution in [1.29, 1.82) is 0 Å². The largest absolute Gasteiger partial charge is 0.394 e. The molecule has 0 radical (unpaired) electrons. The van der Waals surface area contributed by atoms with Gasteiger partial charge in [0.15, 0.2) is 0 Å². The standard InChI is InChI=1S/C9H20O4.C3H8O2/c1-7(11)5-12-9(3)6-13-8(2)4-10;1-3(5)2-4/h7-11H,4-6H2,1-3H3;3-5H,2H2,1H3. The minimum Gasteiger partial charge on any atom is -0.394 e. The SMILES string of the molecule is CC(O)CO.CC(O)COC(C)COC(C)CO. The minimum atomic E-state index is -0.560. The van der Waals surface area contributed by atoms with Crippen LogP contribution in [0.25, 0.3) is 0 Å². The van der Waals surface area contributed by atoms with Crippen LogP contribution in [-0.4, -0.2) is 71.3 Å². The second kappa shape index (κ2) is 13.2. The van der Waals surface area contributed by atoms with Crippen LogP contribution >= 0.6 is 0 Å². The molecule has 6 nitrogen and oxygen atoms in total. The van der Waals surface area contributed by atoms with Gasteiger partial charge in [0.1, 0.15) is 0 Å². The fourth-order valence-electron chi connectivity index (χ4n) is 0.704. The molecule has 0 aromatic heterocycles. The third-order valence-electron chi connectivity index (χ3n) is 1.76. The predicted octanol–water partition coefficient (Wildman–Crippen LogP) is -0.471.